The average Bonchev–Trinajstić information content (AvgIpc) is 2.37. The number of rotatable bonds is 9. The van der Waals surface area contributed by atoms with Crippen LogP contribution < -0.4 is 21.7 Å². The third-order valence-corrected chi connectivity index (χ3v) is 2.73. The fraction of sp³-hybridized carbons (Fsp3) is 0.500. The van der Waals surface area contributed by atoms with Gasteiger partial charge in [0.15, 0.2) is 0 Å². The number of hydrogen-bond acceptors (Lipinski definition) is 5. The van der Waals surface area contributed by atoms with Crippen LogP contribution in [0.1, 0.15) is 19.4 Å². The smallest absolute Gasteiger partial charge is 0.237 e. The molecule has 0 unspecified atom stereocenters. The summed E-state index contributed by atoms with van der Waals surface area (Å²) in [6, 6.07) is 3.70. The molecule has 1 aromatic rings. The number of amides is 2. The van der Waals surface area contributed by atoms with Crippen molar-refractivity contribution in [2.75, 3.05) is 24.5 Å². The Kier molecular flexibility index (Phi) is 6.61. The van der Waals surface area contributed by atoms with Gasteiger partial charge in [0, 0.05) is 18.3 Å². The summed E-state index contributed by atoms with van der Waals surface area (Å²) in [6.45, 7) is 5.48. The number of nitrogens with zero attached hydrogens (tertiary/aromatic N) is 2. The normalized spacial score (nSPS) is 10.6. The Balaban J connectivity index is 2.90. The summed E-state index contributed by atoms with van der Waals surface area (Å²) in [5.74, 6) is -0.00481. The standard InChI is InChI=1S/C14H23N5O2/c1-10(2)6-17-7-11-4-3-5-18-14(11)19(8-12(15)20)9-13(16)21/h3-5,10,17H,6-9H2,1-2H3,(H2,15,20)(H2,16,21). The van der Waals surface area contributed by atoms with Crippen molar-refractivity contribution in [1.82, 2.24) is 10.3 Å². The van der Waals surface area contributed by atoms with Crippen molar-refractivity contribution in [1.29, 1.82) is 0 Å². The molecule has 0 saturated carbocycles. The third-order valence-electron chi connectivity index (χ3n) is 2.73. The molecule has 0 fully saturated rings. The SMILES string of the molecule is CC(C)CNCc1cccnc1N(CC(N)=O)CC(N)=O. The van der Waals surface area contributed by atoms with Crippen LogP contribution in [0.3, 0.4) is 0 Å². The van der Waals surface area contributed by atoms with Gasteiger partial charge < -0.3 is 21.7 Å². The van der Waals surface area contributed by atoms with Crippen molar-refractivity contribution < 1.29 is 9.59 Å². The zero-order chi connectivity index (χ0) is 15.8. The van der Waals surface area contributed by atoms with Crippen molar-refractivity contribution in [2.24, 2.45) is 17.4 Å². The Labute approximate surface area is 124 Å². The third kappa shape index (κ3) is 6.22. The van der Waals surface area contributed by atoms with Gasteiger partial charge in [-0.2, -0.15) is 0 Å². The van der Waals surface area contributed by atoms with Gasteiger partial charge >= 0.3 is 0 Å². The molecule has 2 amide bonds. The predicted octanol–water partition coefficient (Wildman–Crippen LogP) is -0.396. The molecule has 0 aliphatic carbocycles. The lowest BCUT2D eigenvalue weighted by Gasteiger charge is -2.23. The largest absolute Gasteiger partial charge is 0.368 e. The molecule has 0 radical (unpaired) electrons. The second-order valence-electron chi connectivity index (χ2n) is 5.30. The van der Waals surface area contributed by atoms with E-state index in [9.17, 15) is 9.59 Å². The predicted molar refractivity (Wildman–Crippen MR) is 81.4 cm³/mol. The number of carbonyl (C=O) groups is 2. The second kappa shape index (κ2) is 8.21. The van der Waals surface area contributed by atoms with Crippen LogP contribution in [0.25, 0.3) is 0 Å². The lowest BCUT2D eigenvalue weighted by atomic mass is 10.2. The van der Waals surface area contributed by atoms with Crippen LogP contribution in [-0.2, 0) is 16.1 Å². The van der Waals surface area contributed by atoms with Crippen LogP contribution in [0.5, 0.6) is 0 Å². The second-order valence-corrected chi connectivity index (χ2v) is 5.30. The van der Waals surface area contributed by atoms with Crippen LogP contribution in [-0.4, -0.2) is 36.4 Å². The fourth-order valence-electron chi connectivity index (χ4n) is 1.93. The first kappa shape index (κ1) is 16.9. The lowest BCUT2D eigenvalue weighted by Crippen LogP contribution is -2.40. The monoisotopic (exact) mass is 293 g/mol. The van der Waals surface area contributed by atoms with Crippen LogP contribution in [0, 0.1) is 5.92 Å². The number of primary amides is 2. The number of aromatic nitrogens is 1. The Morgan fingerprint density at radius 1 is 1.29 bits per heavy atom. The zero-order valence-electron chi connectivity index (χ0n) is 12.5. The number of hydrogen-bond donors (Lipinski definition) is 3. The maximum Gasteiger partial charge on any atom is 0.237 e. The Morgan fingerprint density at radius 2 is 1.90 bits per heavy atom. The lowest BCUT2D eigenvalue weighted by molar-refractivity contribution is -0.117. The molecule has 116 valence electrons. The molecule has 1 rings (SSSR count). The fourth-order valence-corrected chi connectivity index (χ4v) is 1.93. The van der Waals surface area contributed by atoms with E-state index in [2.05, 4.69) is 24.1 Å². The number of nitrogens with one attached hydrogen (secondary N) is 1. The van der Waals surface area contributed by atoms with Crippen molar-refractivity contribution in [2.45, 2.75) is 20.4 Å². The van der Waals surface area contributed by atoms with Gasteiger partial charge in [0.2, 0.25) is 11.8 Å². The maximum absolute atomic E-state index is 11.2. The molecule has 0 aliphatic rings. The first-order valence-corrected chi connectivity index (χ1v) is 6.86. The van der Waals surface area contributed by atoms with Crippen molar-refractivity contribution in [3.8, 4) is 0 Å². The van der Waals surface area contributed by atoms with Crippen LogP contribution in [0.2, 0.25) is 0 Å². The molecular formula is C14H23N5O2. The molecule has 7 nitrogen and oxygen atoms in total. The molecule has 21 heavy (non-hydrogen) atoms. The first-order valence-electron chi connectivity index (χ1n) is 6.86. The van der Waals surface area contributed by atoms with E-state index in [1.165, 1.54) is 4.90 Å². The summed E-state index contributed by atoms with van der Waals surface area (Å²) >= 11 is 0. The molecule has 7 heteroatoms. The average molecular weight is 293 g/mol. The van der Waals surface area contributed by atoms with Gasteiger partial charge in [-0.15, -0.1) is 0 Å². The van der Waals surface area contributed by atoms with E-state index in [1.807, 2.05) is 12.1 Å². The molecule has 0 saturated heterocycles. The molecular weight excluding hydrogens is 270 g/mol. The highest BCUT2D eigenvalue weighted by atomic mass is 16.2. The molecule has 0 aliphatic heterocycles. The van der Waals surface area contributed by atoms with E-state index in [0.29, 0.717) is 18.3 Å². The first-order chi connectivity index (χ1) is 9.90. The van der Waals surface area contributed by atoms with Crippen LogP contribution in [0.4, 0.5) is 5.82 Å². The highest BCUT2D eigenvalue weighted by Gasteiger charge is 2.16. The molecule has 0 atom stereocenters. The number of nitrogens with two attached hydrogens (primary N) is 2. The van der Waals surface area contributed by atoms with Crippen molar-refractivity contribution >= 4 is 17.6 Å². The minimum absolute atomic E-state index is 0.100. The number of carbonyl (C=O) groups excluding carboxylic acids is 2. The molecule has 0 aromatic carbocycles. The maximum atomic E-state index is 11.2. The summed E-state index contributed by atoms with van der Waals surface area (Å²) in [7, 11) is 0. The van der Waals surface area contributed by atoms with Crippen molar-refractivity contribution in [3.63, 3.8) is 0 Å². The van der Waals surface area contributed by atoms with Crippen molar-refractivity contribution in [3.05, 3.63) is 23.9 Å². The van der Waals surface area contributed by atoms with Gasteiger partial charge in [-0.05, 0) is 18.5 Å². The number of pyridine rings is 1. The Hall–Kier alpha value is -2.15. The van der Waals surface area contributed by atoms with Gasteiger partial charge in [0.05, 0.1) is 13.1 Å². The molecule has 1 aromatic heterocycles. The van der Waals surface area contributed by atoms with Gasteiger partial charge in [-0.1, -0.05) is 19.9 Å². The number of anilines is 1. The van der Waals surface area contributed by atoms with Gasteiger partial charge in [-0.25, -0.2) is 4.98 Å². The molecule has 1 heterocycles. The highest BCUT2D eigenvalue weighted by molar-refractivity contribution is 5.84. The summed E-state index contributed by atoms with van der Waals surface area (Å²) in [5.41, 5.74) is 11.3. The molecule has 0 bridgehead atoms. The Morgan fingerprint density at radius 3 is 2.43 bits per heavy atom. The van der Waals surface area contributed by atoms with Gasteiger partial charge in [0.1, 0.15) is 5.82 Å². The van der Waals surface area contributed by atoms with E-state index in [4.69, 9.17) is 11.5 Å². The zero-order valence-corrected chi connectivity index (χ0v) is 12.5. The van der Waals surface area contributed by atoms with Gasteiger partial charge in [-0.3, -0.25) is 9.59 Å². The molecule has 5 N–H and O–H groups in total. The topological polar surface area (TPSA) is 114 Å². The summed E-state index contributed by atoms with van der Waals surface area (Å²) in [5, 5.41) is 3.30. The van der Waals surface area contributed by atoms with E-state index in [1.54, 1.807) is 6.20 Å². The minimum Gasteiger partial charge on any atom is -0.368 e. The summed E-state index contributed by atoms with van der Waals surface area (Å²) in [6.07, 6.45) is 1.61. The van der Waals surface area contributed by atoms with Crippen LogP contribution >= 0.6 is 0 Å². The van der Waals surface area contributed by atoms with E-state index >= 15 is 0 Å². The summed E-state index contributed by atoms with van der Waals surface area (Å²) < 4.78 is 0. The quantitative estimate of drug-likeness (QED) is 0.573. The minimum atomic E-state index is -0.539. The van der Waals surface area contributed by atoms with Gasteiger partial charge in [0.25, 0.3) is 0 Å². The van der Waals surface area contributed by atoms with E-state index in [0.717, 1.165) is 12.1 Å². The Bertz CT molecular complexity index is 474. The van der Waals surface area contributed by atoms with E-state index in [-0.39, 0.29) is 13.1 Å². The molecule has 0 spiro atoms. The highest BCUT2D eigenvalue weighted by Crippen LogP contribution is 2.16. The van der Waals surface area contributed by atoms with Crippen LogP contribution in [0.15, 0.2) is 18.3 Å². The van der Waals surface area contributed by atoms with E-state index < -0.39 is 11.8 Å². The summed E-state index contributed by atoms with van der Waals surface area (Å²) in [4.78, 5) is 28.1.